The van der Waals surface area contributed by atoms with Crippen LogP contribution in [0.1, 0.15) is 42.6 Å². The molecule has 1 aromatic carbocycles. The molecular formula is C24H25N3O2. The van der Waals surface area contributed by atoms with Crippen molar-refractivity contribution in [2.45, 2.75) is 38.6 Å². The number of furan rings is 1. The van der Waals surface area contributed by atoms with Crippen LogP contribution < -0.4 is 0 Å². The minimum Gasteiger partial charge on any atom is -0.459 e. The summed E-state index contributed by atoms with van der Waals surface area (Å²) in [6, 6.07) is 12.6. The number of piperidine rings is 1. The first kappa shape index (κ1) is 18.1. The van der Waals surface area contributed by atoms with Crippen LogP contribution >= 0.6 is 0 Å². The molecule has 0 amide bonds. The zero-order chi connectivity index (χ0) is 19.6. The van der Waals surface area contributed by atoms with E-state index in [1.807, 2.05) is 24.5 Å². The number of rotatable bonds is 4. The Balaban J connectivity index is 1.54. The summed E-state index contributed by atoms with van der Waals surface area (Å²) in [6.45, 7) is 3.13. The molecule has 1 aliphatic heterocycles. The quantitative estimate of drug-likeness (QED) is 0.499. The van der Waals surface area contributed by atoms with Crippen LogP contribution in [0.5, 0.6) is 0 Å². The molecule has 0 radical (unpaired) electrons. The van der Waals surface area contributed by atoms with E-state index in [1.54, 1.807) is 0 Å². The summed E-state index contributed by atoms with van der Waals surface area (Å²) in [5.74, 6) is 1.91. The summed E-state index contributed by atoms with van der Waals surface area (Å²) >= 11 is 0. The molecule has 0 atom stereocenters. The lowest BCUT2D eigenvalue weighted by Crippen LogP contribution is -2.28. The number of hydrogen-bond acceptors (Lipinski definition) is 5. The first-order valence-corrected chi connectivity index (χ1v) is 10.4. The molecule has 3 aromatic rings. The zero-order valence-electron chi connectivity index (χ0n) is 16.5. The Morgan fingerprint density at radius 3 is 2.55 bits per heavy atom. The van der Waals surface area contributed by atoms with Crippen molar-refractivity contribution in [3.8, 4) is 22.5 Å². The highest BCUT2D eigenvalue weighted by Gasteiger charge is 2.22. The number of pyridine rings is 1. The molecule has 5 rings (SSSR count). The number of hydrogen-bond donors (Lipinski definition) is 1. The summed E-state index contributed by atoms with van der Waals surface area (Å²) in [4.78, 5) is 6.64. The Labute approximate surface area is 170 Å². The number of aryl methyl sites for hydroxylation is 1. The summed E-state index contributed by atoms with van der Waals surface area (Å²) in [5, 5.41) is 12.7. The Kier molecular flexibility index (Phi) is 4.90. The second kappa shape index (κ2) is 7.84. The Morgan fingerprint density at radius 1 is 0.931 bits per heavy atom. The van der Waals surface area contributed by atoms with E-state index in [0.29, 0.717) is 0 Å². The molecule has 1 N–H and O–H groups in total. The van der Waals surface area contributed by atoms with E-state index in [0.717, 1.165) is 72.0 Å². The van der Waals surface area contributed by atoms with E-state index in [9.17, 15) is 5.21 Å². The van der Waals surface area contributed by atoms with Crippen molar-refractivity contribution < 1.29 is 9.62 Å². The Bertz CT molecular complexity index is 1030. The topological polar surface area (TPSA) is 61.9 Å². The largest absolute Gasteiger partial charge is 0.459 e. The van der Waals surface area contributed by atoms with Crippen LogP contribution in [0.25, 0.3) is 22.5 Å². The van der Waals surface area contributed by atoms with Crippen molar-refractivity contribution >= 4 is 5.71 Å². The highest BCUT2D eigenvalue weighted by Crippen LogP contribution is 2.37. The van der Waals surface area contributed by atoms with Crippen molar-refractivity contribution in [2.75, 3.05) is 13.1 Å². The molecule has 2 aromatic heterocycles. The van der Waals surface area contributed by atoms with Gasteiger partial charge in [-0.2, -0.15) is 0 Å². The molecule has 0 unspecified atom stereocenters. The molecule has 0 saturated carbocycles. The van der Waals surface area contributed by atoms with Gasteiger partial charge < -0.3 is 9.62 Å². The van der Waals surface area contributed by atoms with Crippen molar-refractivity contribution in [1.82, 2.24) is 9.88 Å². The molecule has 1 fully saturated rings. The second-order valence-electron chi connectivity index (χ2n) is 7.95. The van der Waals surface area contributed by atoms with Gasteiger partial charge in [-0.05, 0) is 74.2 Å². The first-order chi connectivity index (χ1) is 14.3. The minimum absolute atomic E-state index is 0.770. The van der Waals surface area contributed by atoms with Gasteiger partial charge in [0.15, 0.2) is 0 Å². The minimum atomic E-state index is 0.770. The number of benzene rings is 1. The lowest BCUT2D eigenvalue weighted by molar-refractivity contribution is 0.206. The van der Waals surface area contributed by atoms with Gasteiger partial charge in [-0.15, -0.1) is 0 Å². The lowest BCUT2D eigenvalue weighted by atomic mass is 9.99. The molecule has 2 aliphatic rings. The number of oxime groups is 1. The number of fused-ring (bicyclic) bond motifs is 1. The zero-order valence-corrected chi connectivity index (χ0v) is 16.5. The van der Waals surface area contributed by atoms with E-state index in [1.165, 1.54) is 24.8 Å². The number of likely N-dealkylation sites (tertiary alicyclic amines) is 1. The normalized spacial score (nSPS) is 18.3. The van der Waals surface area contributed by atoms with Crippen molar-refractivity contribution in [3.63, 3.8) is 0 Å². The molecule has 29 heavy (non-hydrogen) atoms. The predicted octanol–water partition coefficient (Wildman–Crippen LogP) is 5.12. The number of aromatic nitrogens is 1. The fourth-order valence-corrected chi connectivity index (χ4v) is 4.53. The Hall–Kier alpha value is -2.92. The standard InChI is InChI=1S/C24H25N3O2/c28-26-23-7-5-18-14-19(4-6-21(18)23)24-22(17-8-10-25-11-9-17)15-20(29-24)16-27-12-2-1-3-13-27/h4,6,8-11,14-15,28H,1-3,5,7,12-13,16H2. The van der Waals surface area contributed by atoms with E-state index in [-0.39, 0.29) is 0 Å². The highest BCUT2D eigenvalue weighted by molar-refractivity contribution is 6.04. The van der Waals surface area contributed by atoms with E-state index < -0.39 is 0 Å². The predicted molar refractivity (Wildman–Crippen MR) is 113 cm³/mol. The van der Waals surface area contributed by atoms with Gasteiger partial charge in [0, 0.05) is 29.1 Å². The summed E-state index contributed by atoms with van der Waals surface area (Å²) in [6.07, 6.45) is 9.19. The summed E-state index contributed by atoms with van der Waals surface area (Å²) in [5.41, 5.74) is 6.31. The summed E-state index contributed by atoms with van der Waals surface area (Å²) < 4.78 is 6.43. The number of nitrogens with zero attached hydrogens (tertiary/aromatic N) is 3. The van der Waals surface area contributed by atoms with Crippen LogP contribution in [0.3, 0.4) is 0 Å². The van der Waals surface area contributed by atoms with Gasteiger partial charge in [0.05, 0.1) is 12.3 Å². The molecule has 148 valence electrons. The van der Waals surface area contributed by atoms with Gasteiger partial charge in [0.2, 0.25) is 0 Å². The van der Waals surface area contributed by atoms with Crippen molar-refractivity contribution in [3.05, 3.63) is 65.7 Å². The SMILES string of the molecule is ON=C1CCc2cc(-c3oc(CN4CCCCC4)cc3-c3ccncc3)ccc21. The lowest BCUT2D eigenvalue weighted by Gasteiger charge is -2.25. The molecule has 1 aliphatic carbocycles. The maximum absolute atomic E-state index is 9.21. The highest BCUT2D eigenvalue weighted by atomic mass is 16.4. The third-order valence-corrected chi connectivity index (χ3v) is 6.03. The fourth-order valence-electron chi connectivity index (χ4n) is 4.53. The maximum Gasteiger partial charge on any atom is 0.142 e. The molecule has 5 nitrogen and oxygen atoms in total. The molecule has 0 bridgehead atoms. The molecule has 0 spiro atoms. The van der Waals surface area contributed by atoms with E-state index >= 15 is 0 Å². The van der Waals surface area contributed by atoms with Gasteiger partial charge in [-0.1, -0.05) is 23.7 Å². The third-order valence-electron chi connectivity index (χ3n) is 6.03. The van der Waals surface area contributed by atoms with Crippen LogP contribution in [0.2, 0.25) is 0 Å². The van der Waals surface area contributed by atoms with E-state index in [2.05, 4.69) is 39.3 Å². The smallest absolute Gasteiger partial charge is 0.142 e. The van der Waals surface area contributed by atoms with Crippen LogP contribution in [-0.2, 0) is 13.0 Å². The van der Waals surface area contributed by atoms with Gasteiger partial charge in [-0.3, -0.25) is 9.88 Å². The van der Waals surface area contributed by atoms with Crippen LogP contribution in [-0.4, -0.2) is 33.9 Å². The van der Waals surface area contributed by atoms with E-state index in [4.69, 9.17) is 4.42 Å². The third kappa shape index (κ3) is 3.58. The van der Waals surface area contributed by atoms with Gasteiger partial charge >= 0.3 is 0 Å². The average molecular weight is 387 g/mol. The monoisotopic (exact) mass is 387 g/mol. The van der Waals surface area contributed by atoms with Crippen molar-refractivity contribution in [2.24, 2.45) is 5.16 Å². The molecule has 3 heterocycles. The average Bonchev–Trinajstić information content (AvgIpc) is 3.38. The Morgan fingerprint density at radius 2 is 1.76 bits per heavy atom. The van der Waals surface area contributed by atoms with Gasteiger partial charge in [-0.25, -0.2) is 0 Å². The second-order valence-corrected chi connectivity index (χ2v) is 7.95. The molecule has 1 saturated heterocycles. The molecule has 5 heteroatoms. The van der Waals surface area contributed by atoms with Crippen LogP contribution in [0.15, 0.2) is 58.4 Å². The molecular weight excluding hydrogens is 362 g/mol. The first-order valence-electron chi connectivity index (χ1n) is 10.4. The van der Waals surface area contributed by atoms with Crippen LogP contribution in [0.4, 0.5) is 0 Å². The van der Waals surface area contributed by atoms with Crippen molar-refractivity contribution in [1.29, 1.82) is 0 Å². The van der Waals surface area contributed by atoms with Gasteiger partial charge in [0.25, 0.3) is 0 Å². The fraction of sp³-hybridized carbons (Fsp3) is 0.333. The maximum atomic E-state index is 9.21. The summed E-state index contributed by atoms with van der Waals surface area (Å²) in [7, 11) is 0. The van der Waals surface area contributed by atoms with Gasteiger partial charge in [0.1, 0.15) is 11.5 Å². The van der Waals surface area contributed by atoms with Crippen LogP contribution in [0, 0.1) is 0 Å².